The van der Waals surface area contributed by atoms with Gasteiger partial charge in [0.05, 0.1) is 22.7 Å². The van der Waals surface area contributed by atoms with Crippen LogP contribution in [0.4, 0.5) is 23.2 Å². The summed E-state index contributed by atoms with van der Waals surface area (Å²) < 4.78 is 51.6. The maximum atomic E-state index is 13.6. The predicted octanol–water partition coefficient (Wildman–Crippen LogP) is 3.79. The number of hydrogen-bond acceptors (Lipinski definition) is 3. The zero-order chi connectivity index (χ0) is 17.9. The monoisotopic (exact) mass is 360 g/mol. The van der Waals surface area contributed by atoms with Crippen LogP contribution < -0.4 is 10.6 Å². The Labute approximate surface area is 138 Å². The lowest BCUT2D eigenvalue weighted by atomic mass is 10.2. The van der Waals surface area contributed by atoms with Gasteiger partial charge in [0, 0.05) is 11.8 Å². The third-order valence-electron chi connectivity index (χ3n) is 2.94. The maximum absolute atomic E-state index is 13.6. The smallest absolute Gasteiger partial charge is 0.351 e. The molecule has 1 heterocycles. The Morgan fingerprint density at radius 2 is 1.88 bits per heavy atom. The highest BCUT2D eigenvalue weighted by Crippen LogP contribution is 2.32. The summed E-state index contributed by atoms with van der Waals surface area (Å²) in [5.41, 5.74) is -1.61. The average Bonchev–Trinajstić information content (AvgIpc) is 2.95. The van der Waals surface area contributed by atoms with Gasteiger partial charge in [-0.05, 0) is 30.3 Å². The van der Waals surface area contributed by atoms with Crippen molar-refractivity contribution in [1.29, 1.82) is 0 Å². The second kappa shape index (κ2) is 7.00. The zero-order valence-corrected chi connectivity index (χ0v) is 13.1. The molecular weight excluding hydrogens is 348 g/mol. The van der Waals surface area contributed by atoms with E-state index in [1.165, 1.54) is 13.0 Å². The van der Waals surface area contributed by atoms with Crippen LogP contribution in [0.25, 0.3) is 0 Å². The minimum absolute atomic E-state index is 0.187. The molecule has 2 amide bonds. The second-order valence-electron chi connectivity index (χ2n) is 4.82. The van der Waals surface area contributed by atoms with Crippen molar-refractivity contribution in [3.05, 3.63) is 51.5 Å². The molecule has 128 valence electrons. The number of alkyl halides is 3. The fourth-order valence-electron chi connectivity index (χ4n) is 1.79. The van der Waals surface area contributed by atoms with Gasteiger partial charge in [-0.25, -0.2) is 4.39 Å². The summed E-state index contributed by atoms with van der Waals surface area (Å²) in [6.07, 6.45) is -4.64. The highest BCUT2D eigenvalue weighted by atomic mass is 32.1. The molecule has 0 atom stereocenters. The van der Waals surface area contributed by atoms with E-state index in [4.69, 9.17) is 0 Å². The van der Waals surface area contributed by atoms with Crippen LogP contribution in [0, 0.1) is 5.82 Å². The van der Waals surface area contributed by atoms with E-state index in [0.717, 1.165) is 11.3 Å². The zero-order valence-electron chi connectivity index (χ0n) is 12.3. The van der Waals surface area contributed by atoms with Gasteiger partial charge < -0.3 is 10.6 Å². The number of carbonyl (C=O) groups is 2. The van der Waals surface area contributed by atoms with Crippen molar-refractivity contribution in [1.82, 2.24) is 5.32 Å². The van der Waals surface area contributed by atoms with Crippen LogP contribution in [0.2, 0.25) is 0 Å². The van der Waals surface area contributed by atoms with Gasteiger partial charge >= 0.3 is 6.18 Å². The molecule has 0 fully saturated rings. The number of benzene rings is 1. The van der Waals surface area contributed by atoms with Crippen molar-refractivity contribution in [2.75, 3.05) is 5.32 Å². The van der Waals surface area contributed by atoms with Gasteiger partial charge in [-0.2, -0.15) is 13.2 Å². The second-order valence-corrected chi connectivity index (χ2v) is 5.99. The normalized spacial score (nSPS) is 11.2. The van der Waals surface area contributed by atoms with Gasteiger partial charge in [-0.15, -0.1) is 11.3 Å². The average molecular weight is 360 g/mol. The molecule has 9 heteroatoms. The largest absolute Gasteiger partial charge is 0.416 e. The minimum Gasteiger partial charge on any atom is -0.351 e. The lowest BCUT2D eigenvalue weighted by molar-refractivity contribution is -0.137. The summed E-state index contributed by atoms with van der Waals surface area (Å²) in [6.45, 7) is 1.57. The van der Waals surface area contributed by atoms with E-state index in [2.05, 4.69) is 10.6 Å². The third kappa shape index (κ3) is 4.54. The first-order valence-corrected chi connectivity index (χ1v) is 7.49. The highest BCUT2D eigenvalue weighted by molar-refractivity contribution is 7.14. The van der Waals surface area contributed by atoms with Crippen LogP contribution in [0.3, 0.4) is 0 Å². The first-order valence-electron chi connectivity index (χ1n) is 6.68. The number of amides is 2. The number of thiophene rings is 1. The summed E-state index contributed by atoms with van der Waals surface area (Å²) >= 11 is 1.05. The molecule has 0 radical (unpaired) electrons. The van der Waals surface area contributed by atoms with Crippen LogP contribution in [0.1, 0.15) is 27.0 Å². The molecule has 1 aromatic carbocycles. The van der Waals surface area contributed by atoms with Crippen molar-refractivity contribution < 1.29 is 27.2 Å². The van der Waals surface area contributed by atoms with Gasteiger partial charge in [-0.3, -0.25) is 9.59 Å². The van der Waals surface area contributed by atoms with Gasteiger partial charge in [0.25, 0.3) is 5.91 Å². The molecule has 1 aromatic heterocycles. The Hall–Kier alpha value is -2.42. The summed E-state index contributed by atoms with van der Waals surface area (Å²) in [5, 5.41) is 4.68. The Morgan fingerprint density at radius 1 is 1.17 bits per heavy atom. The molecule has 0 aliphatic carbocycles. The van der Waals surface area contributed by atoms with E-state index in [0.29, 0.717) is 23.1 Å². The number of nitrogens with one attached hydrogen (secondary N) is 2. The lowest BCUT2D eigenvalue weighted by Gasteiger charge is -2.10. The highest BCUT2D eigenvalue weighted by Gasteiger charge is 2.31. The molecule has 4 nitrogen and oxygen atoms in total. The van der Waals surface area contributed by atoms with Gasteiger partial charge in [0.2, 0.25) is 5.91 Å². The molecule has 0 saturated heterocycles. The number of rotatable bonds is 4. The summed E-state index contributed by atoms with van der Waals surface area (Å²) in [5.74, 6) is -1.93. The third-order valence-corrected chi connectivity index (χ3v) is 4.02. The Kier molecular flexibility index (Phi) is 5.23. The predicted molar refractivity (Wildman–Crippen MR) is 81.2 cm³/mol. The Morgan fingerprint density at radius 3 is 2.50 bits per heavy atom. The molecule has 2 aromatic rings. The Bertz CT molecular complexity index is 771. The van der Waals surface area contributed by atoms with Crippen LogP contribution in [0.15, 0.2) is 30.3 Å². The summed E-state index contributed by atoms with van der Waals surface area (Å²) in [6, 6.07) is 4.83. The Balaban J connectivity index is 2.13. The molecule has 2 N–H and O–H groups in total. The SMILES string of the molecule is CC(=O)NCc1ccc(C(=O)Nc2cc(C(F)(F)F)ccc2F)s1. The van der Waals surface area contributed by atoms with E-state index in [9.17, 15) is 27.2 Å². The molecule has 0 spiro atoms. The number of carbonyl (C=O) groups excluding carboxylic acids is 2. The van der Waals surface area contributed by atoms with E-state index >= 15 is 0 Å². The van der Waals surface area contributed by atoms with Crippen LogP contribution >= 0.6 is 11.3 Å². The molecule has 0 bridgehead atoms. The van der Waals surface area contributed by atoms with Crippen molar-refractivity contribution >= 4 is 28.8 Å². The number of hydrogen-bond donors (Lipinski definition) is 2. The standard InChI is InChI=1S/C15H12F4N2O2S/c1-8(22)20-7-10-3-5-13(24-10)14(23)21-12-6-9(15(17,18)19)2-4-11(12)16/h2-6H,7H2,1H3,(H,20,22)(H,21,23). The molecule has 0 saturated carbocycles. The molecule has 24 heavy (non-hydrogen) atoms. The van der Waals surface area contributed by atoms with E-state index in [1.54, 1.807) is 6.07 Å². The molecule has 0 aliphatic rings. The van der Waals surface area contributed by atoms with E-state index in [-0.39, 0.29) is 17.3 Å². The minimum atomic E-state index is -4.64. The van der Waals surface area contributed by atoms with Crippen LogP contribution in [-0.2, 0) is 17.5 Å². The quantitative estimate of drug-likeness (QED) is 0.815. The van der Waals surface area contributed by atoms with Crippen molar-refractivity contribution in [2.24, 2.45) is 0 Å². The van der Waals surface area contributed by atoms with Gasteiger partial charge in [0.15, 0.2) is 0 Å². The lowest BCUT2D eigenvalue weighted by Crippen LogP contribution is -2.18. The first kappa shape index (κ1) is 17.9. The van der Waals surface area contributed by atoms with E-state index in [1.807, 2.05) is 0 Å². The number of anilines is 1. The van der Waals surface area contributed by atoms with Gasteiger partial charge in [-0.1, -0.05) is 0 Å². The summed E-state index contributed by atoms with van der Waals surface area (Å²) in [7, 11) is 0. The van der Waals surface area contributed by atoms with Crippen molar-refractivity contribution in [3.8, 4) is 0 Å². The molecular formula is C15H12F4N2O2S. The van der Waals surface area contributed by atoms with Crippen LogP contribution in [-0.4, -0.2) is 11.8 Å². The topological polar surface area (TPSA) is 58.2 Å². The van der Waals surface area contributed by atoms with E-state index < -0.39 is 29.2 Å². The summed E-state index contributed by atoms with van der Waals surface area (Å²) in [4.78, 5) is 23.7. The van der Waals surface area contributed by atoms with Gasteiger partial charge in [0.1, 0.15) is 5.82 Å². The van der Waals surface area contributed by atoms with Crippen molar-refractivity contribution in [3.63, 3.8) is 0 Å². The fourth-order valence-corrected chi connectivity index (χ4v) is 2.63. The molecule has 2 rings (SSSR count). The molecule has 0 aliphatic heterocycles. The fraction of sp³-hybridized carbons (Fsp3) is 0.200. The maximum Gasteiger partial charge on any atom is 0.416 e. The molecule has 0 unspecified atom stereocenters. The van der Waals surface area contributed by atoms with Crippen molar-refractivity contribution in [2.45, 2.75) is 19.6 Å². The van der Waals surface area contributed by atoms with Crippen LogP contribution in [0.5, 0.6) is 0 Å². The first-order chi connectivity index (χ1) is 11.2. The number of halogens is 4.